The quantitative estimate of drug-likeness (QED) is 0.865. The zero-order valence-corrected chi connectivity index (χ0v) is 10.8. The van der Waals surface area contributed by atoms with Gasteiger partial charge < -0.3 is 15.0 Å². The molecule has 4 nitrogen and oxygen atoms in total. The van der Waals surface area contributed by atoms with Crippen LogP contribution in [0.1, 0.15) is 18.4 Å². The van der Waals surface area contributed by atoms with E-state index in [1.165, 1.54) is 0 Å². The van der Waals surface area contributed by atoms with E-state index in [1.54, 1.807) is 7.11 Å². The molecule has 0 spiro atoms. The van der Waals surface area contributed by atoms with E-state index in [0.29, 0.717) is 13.2 Å². The summed E-state index contributed by atoms with van der Waals surface area (Å²) in [5.74, 6) is 0.180. The van der Waals surface area contributed by atoms with Gasteiger partial charge in [-0.05, 0) is 18.9 Å². The van der Waals surface area contributed by atoms with Gasteiger partial charge >= 0.3 is 0 Å². The number of carbonyl (C=O) groups excluding carboxylic acids is 1. The summed E-state index contributed by atoms with van der Waals surface area (Å²) in [5, 5.41) is 3.20. The predicted molar refractivity (Wildman–Crippen MR) is 71.5 cm³/mol. The maximum atomic E-state index is 11.9. The number of nitrogens with zero attached hydrogens (tertiary/aromatic N) is 1. The molecule has 0 unspecified atom stereocenters. The van der Waals surface area contributed by atoms with Crippen molar-refractivity contribution in [2.75, 3.05) is 32.1 Å². The van der Waals surface area contributed by atoms with Crippen LogP contribution in [-0.2, 0) is 16.1 Å². The van der Waals surface area contributed by atoms with Crippen molar-refractivity contribution < 1.29 is 9.53 Å². The molecule has 18 heavy (non-hydrogen) atoms. The van der Waals surface area contributed by atoms with E-state index in [0.717, 1.165) is 37.2 Å². The van der Waals surface area contributed by atoms with Crippen LogP contribution in [0.4, 0.5) is 5.69 Å². The van der Waals surface area contributed by atoms with Crippen molar-refractivity contribution in [1.82, 2.24) is 4.90 Å². The van der Waals surface area contributed by atoms with Gasteiger partial charge in [-0.3, -0.25) is 4.79 Å². The molecule has 1 aliphatic heterocycles. The summed E-state index contributed by atoms with van der Waals surface area (Å²) in [6.07, 6.45) is 2.26. The van der Waals surface area contributed by atoms with E-state index in [2.05, 4.69) is 5.32 Å². The molecule has 1 aromatic carbocycles. The molecule has 2 rings (SSSR count). The molecular weight excluding hydrogens is 228 g/mol. The molecule has 0 bridgehead atoms. The summed E-state index contributed by atoms with van der Waals surface area (Å²) in [5.41, 5.74) is 2.06. The lowest BCUT2D eigenvalue weighted by Gasteiger charge is -2.17. The van der Waals surface area contributed by atoms with Crippen LogP contribution in [0.15, 0.2) is 24.3 Å². The second kappa shape index (κ2) is 6.40. The fraction of sp³-hybridized carbons (Fsp3) is 0.500. The van der Waals surface area contributed by atoms with Gasteiger partial charge in [0, 0.05) is 31.5 Å². The minimum atomic E-state index is 0.180. The monoisotopic (exact) mass is 248 g/mol. The van der Waals surface area contributed by atoms with Gasteiger partial charge in [0.05, 0.1) is 13.2 Å². The normalized spacial score (nSPS) is 14.8. The SMILES string of the molecule is COCc1ccccc1NCC(=O)N1CCCC1. The Morgan fingerprint density at radius 2 is 2.06 bits per heavy atom. The van der Waals surface area contributed by atoms with Gasteiger partial charge in [0.15, 0.2) is 0 Å². The van der Waals surface area contributed by atoms with Crippen molar-refractivity contribution in [1.29, 1.82) is 0 Å². The highest BCUT2D eigenvalue weighted by atomic mass is 16.5. The van der Waals surface area contributed by atoms with Crippen LogP contribution < -0.4 is 5.32 Å². The first-order valence-electron chi connectivity index (χ1n) is 6.40. The van der Waals surface area contributed by atoms with Crippen LogP contribution >= 0.6 is 0 Å². The summed E-state index contributed by atoms with van der Waals surface area (Å²) >= 11 is 0. The van der Waals surface area contributed by atoms with Crippen molar-refractivity contribution in [3.8, 4) is 0 Å². The zero-order chi connectivity index (χ0) is 12.8. The van der Waals surface area contributed by atoms with E-state index in [-0.39, 0.29) is 5.91 Å². The number of carbonyl (C=O) groups is 1. The summed E-state index contributed by atoms with van der Waals surface area (Å²) in [4.78, 5) is 13.8. The first kappa shape index (κ1) is 12.9. The van der Waals surface area contributed by atoms with Gasteiger partial charge in [0.25, 0.3) is 0 Å². The van der Waals surface area contributed by atoms with Crippen LogP contribution in [-0.4, -0.2) is 37.6 Å². The second-order valence-electron chi connectivity index (χ2n) is 4.53. The Hall–Kier alpha value is -1.55. The molecule has 1 fully saturated rings. The lowest BCUT2D eigenvalue weighted by atomic mass is 10.2. The van der Waals surface area contributed by atoms with Gasteiger partial charge in [0.2, 0.25) is 5.91 Å². The molecular formula is C14H20N2O2. The minimum Gasteiger partial charge on any atom is -0.380 e. The Kier molecular flexibility index (Phi) is 4.59. The summed E-state index contributed by atoms with van der Waals surface area (Å²) < 4.78 is 5.14. The second-order valence-corrected chi connectivity index (χ2v) is 4.53. The molecule has 1 aromatic rings. The molecule has 98 valence electrons. The van der Waals surface area contributed by atoms with Gasteiger partial charge in [-0.1, -0.05) is 18.2 Å². The topological polar surface area (TPSA) is 41.6 Å². The molecule has 0 radical (unpaired) electrons. The highest BCUT2D eigenvalue weighted by Gasteiger charge is 2.17. The van der Waals surface area contributed by atoms with E-state index in [4.69, 9.17) is 4.74 Å². The van der Waals surface area contributed by atoms with Gasteiger partial charge in [-0.2, -0.15) is 0 Å². The van der Waals surface area contributed by atoms with Crippen molar-refractivity contribution in [3.63, 3.8) is 0 Å². The number of benzene rings is 1. The number of rotatable bonds is 5. The van der Waals surface area contributed by atoms with Crippen LogP contribution in [0.2, 0.25) is 0 Å². The number of methoxy groups -OCH3 is 1. The molecule has 0 atom stereocenters. The molecule has 0 saturated carbocycles. The highest BCUT2D eigenvalue weighted by molar-refractivity contribution is 5.81. The van der Waals surface area contributed by atoms with Crippen LogP contribution in [0.5, 0.6) is 0 Å². The fourth-order valence-electron chi connectivity index (χ4n) is 2.22. The third-order valence-corrected chi connectivity index (χ3v) is 3.21. The molecule has 0 aromatic heterocycles. The standard InChI is InChI=1S/C14H20N2O2/c1-18-11-12-6-2-3-7-13(12)15-10-14(17)16-8-4-5-9-16/h2-3,6-7,15H,4-5,8-11H2,1H3. The smallest absolute Gasteiger partial charge is 0.241 e. The largest absolute Gasteiger partial charge is 0.380 e. The molecule has 1 N–H and O–H groups in total. The Morgan fingerprint density at radius 1 is 1.33 bits per heavy atom. The van der Waals surface area contributed by atoms with Crippen LogP contribution in [0, 0.1) is 0 Å². The van der Waals surface area contributed by atoms with E-state index in [9.17, 15) is 4.79 Å². The fourth-order valence-corrected chi connectivity index (χ4v) is 2.22. The van der Waals surface area contributed by atoms with E-state index in [1.807, 2.05) is 29.2 Å². The van der Waals surface area contributed by atoms with Gasteiger partial charge in [0.1, 0.15) is 0 Å². The maximum absolute atomic E-state index is 11.9. The average molecular weight is 248 g/mol. The number of likely N-dealkylation sites (tertiary alicyclic amines) is 1. The number of ether oxygens (including phenoxy) is 1. The molecule has 4 heteroatoms. The van der Waals surface area contributed by atoms with Crippen molar-refractivity contribution in [2.45, 2.75) is 19.4 Å². The Balaban J connectivity index is 1.90. The lowest BCUT2D eigenvalue weighted by Crippen LogP contribution is -2.33. The van der Waals surface area contributed by atoms with Crippen molar-refractivity contribution >= 4 is 11.6 Å². The van der Waals surface area contributed by atoms with E-state index >= 15 is 0 Å². The first-order chi connectivity index (χ1) is 8.81. The molecule has 1 heterocycles. The van der Waals surface area contributed by atoms with Crippen molar-refractivity contribution in [2.24, 2.45) is 0 Å². The average Bonchev–Trinajstić information content (AvgIpc) is 2.92. The molecule has 1 amide bonds. The zero-order valence-electron chi connectivity index (χ0n) is 10.8. The predicted octanol–water partition coefficient (Wildman–Crippen LogP) is 1.87. The number of nitrogens with one attached hydrogen (secondary N) is 1. The number of para-hydroxylation sites is 1. The molecule has 1 aliphatic rings. The molecule has 0 aliphatic carbocycles. The Bertz CT molecular complexity index is 401. The maximum Gasteiger partial charge on any atom is 0.241 e. The number of amides is 1. The Morgan fingerprint density at radius 3 is 2.78 bits per heavy atom. The van der Waals surface area contributed by atoms with Gasteiger partial charge in [-0.25, -0.2) is 0 Å². The first-order valence-corrected chi connectivity index (χ1v) is 6.40. The van der Waals surface area contributed by atoms with Crippen molar-refractivity contribution in [3.05, 3.63) is 29.8 Å². The third kappa shape index (κ3) is 3.23. The third-order valence-electron chi connectivity index (χ3n) is 3.21. The number of anilines is 1. The Labute approximate surface area is 108 Å². The van der Waals surface area contributed by atoms with Gasteiger partial charge in [-0.15, -0.1) is 0 Å². The number of hydrogen-bond donors (Lipinski definition) is 1. The summed E-state index contributed by atoms with van der Waals surface area (Å²) in [7, 11) is 1.67. The molecule has 1 saturated heterocycles. The van der Waals surface area contributed by atoms with E-state index < -0.39 is 0 Å². The lowest BCUT2D eigenvalue weighted by molar-refractivity contribution is -0.128. The number of hydrogen-bond acceptors (Lipinski definition) is 3. The minimum absolute atomic E-state index is 0.180. The highest BCUT2D eigenvalue weighted by Crippen LogP contribution is 2.16. The summed E-state index contributed by atoms with van der Waals surface area (Å²) in [6, 6.07) is 7.92. The summed E-state index contributed by atoms with van der Waals surface area (Å²) in [6.45, 7) is 2.72. The van der Waals surface area contributed by atoms with Crippen LogP contribution in [0.3, 0.4) is 0 Å². The van der Waals surface area contributed by atoms with Crippen LogP contribution in [0.25, 0.3) is 0 Å².